The molecule has 10 heteroatoms. The number of hydrogen-bond acceptors (Lipinski definition) is 7. The van der Waals surface area contributed by atoms with Gasteiger partial charge < -0.3 is 25.7 Å². The fourth-order valence-electron chi connectivity index (χ4n) is 5.32. The van der Waals surface area contributed by atoms with Crippen LogP contribution in [-0.2, 0) is 14.4 Å². The van der Waals surface area contributed by atoms with Gasteiger partial charge in [0, 0.05) is 35.7 Å². The van der Waals surface area contributed by atoms with E-state index in [9.17, 15) is 24.6 Å². The number of carboxylic acid groups (broad SMARTS) is 1. The lowest BCUT2D eigenvalue weighted by atomic mass is 9.79. The van der Waals surface area contributed by atoms with Crippen molar-refractivity contribution in [1.82, 2.24) is 15.5 Å². The highest BCUT2D eigenvalue weighted by Crippen LogP contribution is 2.51. The van der Waals surface area contributed by atoms with E-state index in [0.29, 0.717) is 22.4 Å². The van der Waals surface area contributed by atoms with Crippen LogP contribution in [0.5, 0.6) is 0 Å². The van der Waals surface area contributed by atoms with Crippen LogP contribution in [0.4, 0.5) is 0 Å². The second kappa shape index (κ2) is 7.90. The second-order valence-corrected chi connectivity index (χ2v) is 10.5. The van der Waals surface area contributed by atoms with Crippen molar-refractivity contribution in [3.05, 3.63) is 10.6 Å². The Balaban J connectivity index is 1.47. The maximum atomic E-state index is 13.1. The van der Waals surface area contributed by atoms with Gasteiger partial charge >= 0.3 is 11.9 Å². The number of thioether (sulfide) groups is 1. The summed E-state index contributed by atoms with van der Waals surface area (Å²) in [6.45, 7) is 7.34. The van der Waals surface area contributed by atoms with E-state index in [2.05, 4.69) is 10.6 Å². The Labute approximate surface area is 180 Å². The number of carboxylic acids is 1. The number of carbonyl (C=O) groups excluding carboxylic acids is 2. The van der Waals surface area contributed by atoms with Gasteiger partial charge in [0.15, 0.2) is 0 Å². The number of amides is 2. The molecule has 4 aliphatic rings. The van der Waals surface area contributed by atoms with Crippen LogP contribution in [0, 0.1) is 11.8 Å². The molecule has 6 atom stereocenters. The Morgan fingerprint density at radius 1 is 1.30 bits per heavy atom. The first-order chi connectivity index (χ1) is 14.2. The number of aliphatic hydroxyl groups is 1. The molecule has 4 rings (SSSR count). The minimum atomic E-state index is -1.11. The molecule has 0 spiro atoms. The number of nitrogens with one attached hydrogen (secondary N) is 2. The van der Waals surface area contributed by atoms with E-state index in [1.807, 2.05) is 14.0 Å². The second-order valence-electron chi connectivity index (χ2n) is 9.14. The third-order valence-corrected chi connectivity index (χ3v) is 8.60. The zero-order valence-electron chi connectivity index (χ0n) is 17.6. The standard InChI is InChI=1S/C20H30N4O5S/c1-10-15-14(11(2)25)18(26)23(15)16(20(28)29)17(10)30-12-8-13(22-9-12)19(27)24(3)6-4-21-5-7-24/h10-15,21-22,25H,4-9H2,1-3H3/p+1/t10?,11?,12?,13?,14?,15-/m1/s1. The monoisotopic (exact) mass is 439 g/mol. The summed E-state index contributed by atoms with van der Waals surface area (Å²) < 4.78 is 0.419. The van der Waals surface area contributed by atoms with Crippen LogP contribution in [0.3, 0.4) is 0 Å². The normalized spacial score (nSPS) is 36.5. The number of nitrogens with zero attached hydrogens (tertiary/aromatic N) is 2. The number of aliphatic carboxylic acids is 1. The Hall–Kier alpha value is -1.46. The molecule has 0 radical (unpaired) electrons. The van der Waals surface area contributed by atoms with Gasteiger partial charge in [-0.1, -0.05) is 6.92 Å². The van der Waals surface area contributed by atoms with E-state index in [1.54, 1.807) is 6.92 Å². The predicted octanol–water partition coefficient (Wildman–Crippen LogP) is -0.820. The van der Waals surface area contributed by atoms with Crippen LogP contribution in [0.2, 0.25) is 0 Å². The Bertz CT molecular complexity index is 794. The minimum absolute atomic E-state index is 0.0512. The first kappa shape index (κ1) is 21.8. The topological polar surface area (TPSA) is 119 Å². The summed E-state index contributed by atoms with van der Waals surface area (Å²) in [5.41, 5.74) is 0.0512. The molecule has 30 heavy (non-hydrogen) atoms. The molecule has 9 nitrogen and oxygen atoms in total. The largest absolute Gasteiger partial charge is 0.477 e. The molecule has 4 heterocycles. The number of carbonyl (C=O) groups is 3. The highest BCUT2D eigenvalue weighted by Gasteiger charge is 2.60. The molecule has 0 aromatic carbocycles. The number of rotatable bonds is 5. The van der Waals surface area contributed by atoms with Crippen molar-refractivity contribution in [3.8, 4) is 0 Å². The van der Waals surface area contributed by atoms with E-state index >= 15 is 0 Å². The molecule has 0 saturated carbocycles. The highest BCUT2D eigenvalue weighted by molar-refractivity contribution is 8.03. The van der Waals surface area contributed by atoms with Crippen molar-refractivity contribution in [2.24, 2.45) is 11.8 Å². The molecule has 3 fully saturated rings. The summed E-state index contributed by atoms with van der Waals surface area (Å²) in [5.74, 6) is -1.93. The van der Waals surface area contributed by atoms with Crippen molar-refractivity contribution in [2.45, 2.75) is 43.7 Å². The summed E-state index contributed by atoms with van der Waals surface area (Å²) >= 11 is 1.48. The van der Waals surface area contributed by atoms with Crippen molar-refractivity contribution in [3.63, 3.8) is 0 Å². The number of fused-ring (bicyclic) bond motifs is 1. The van der Waals surface area contributed by atoms with Crippen LogP contribution in [0.1, 0.15) is 20.3 Å². The van der Waals surface area contributed by atoms with Gasteiger partial charge in [-0.15, -0.1) is 11.8 Å². The average Bonchev–Trinajstić information content (AvgIpc) is 3.24. The van der Waals surface area contributed by atoms with Gasteiger partial charge in [0.25, 0.3) is 0 Å². The van der Waals surface area contributed by atoms with Gasteiger partial charge in [-0.2, -0.15) is 0 Å². The van der Waals surface area contributed by atoms with E-state index < -0.39 is 18.0 Å². The fraction of sp³-hybridized carbons (Fsp3) is 0.750. The summed E-state index contributed by atoms with van der Waals surface area (Å²) in [6.07, 6.45) is -0.161. The van der Waals surface area contributed by atoms with Crippen LogP contribution in [0.15, 0.2) is 10.6 Å². The number of piperazine rings is 1. The first-order valence-corrected chi connectivity index (χ1v) is 11.5. The lowest BCUT2D eigenvalue weighted by Gasteiger charge is -2.46. The maximum Gasteiger partial charge on any atom is 0.353 e. The Morgan fingerprint density at radius 3 is 2.57 bits per heavy atom. The molecule has 166 valence electrons. The van der Waals surface area contributed by atoms with Crippen molar-refractivity contribution in [1.29, 1.82) is 0 Å². The molecular weight excluding hydrogens is 408 g/mol. The summed E-state index contributed by atoms with van der Waals surface area (Å²) in [4.78, 5) is 39.6. The van der Waals surface area contributed by atoms with Crippen molar-refractivity contribution >= 4 is 29.5 Å². The van der Waals surface area contributed by atoms with Gasteiger partial charge in [0.1, 0.15) is 11.7 Å². The molecule has 4 aliphatic heterocycles. The van der Waals surface area contributed by atoms with E-state index in [1.165, 1.54) is 16.7 Å². The smallest absolute Gasteiger partial charge is 0.353 e. The Kier molecular flexibility index (Phi) is 5.73. The number of β-lactam (4-membered cyclic amide) rings is 1. The first-order valence-electron chi connectivity index (χ1n) is 10.6. The third-order valence-electron chi connectivity index (χ3n) is 7.09. The SMILES string of the molecule is CC(O)C1C(=O)N2C(C(=O)O)=C(SC3CNC(C(=O)[N+]4(C)CCNCC4)C3)C(C)[C@H]12. The van der Waals surface area contributed by atoms with E-state index in [4.69, 9.17) is 0 Å². The quantitative estimate of drug-likeness (QED) is 0.324. The van der Waals surface area contributed by atoms with Crippen LogP contribution < -0.4 is 10.6 Å². The van der Waals surface area contributed by atoms with Crippen molar-refractivity contribution in [2.75, 3.05) is 39.8 Å². The molecular formula is C20H31N4O5S+. The molecule has 5 unspecified atom stereocenters. The zero-order chi connectivity index (χ0) is 21.8. The average molecular weight is 440 g/mol. The fourth-order valence-corrected chi connectivity index (χ4v) is 6.80. The molecule has 0 aromatic rings. The molecule has 3 saturated heterocycles. The Morgan fingerprint density at radius 2 is 1.97 bits per heavy atom. The highest BCUT2D eigenvalue weighted by atomic mass is 32.2. The van der Waals surface area contributed by atoms with Crippen LogP contribution in [0.25, 0.3) is 0 Å². The van der Waals surface area contributed by atoms with Gasteiger partial charge in [-0.25, -0.2) is 9.59 Å². The molecule has 2 amide bonds. The number of quaternary nitrogens is 1. The lowest BCUT2D eigenvalue weighted by Crippen LogP contribution is -2.63. The number of aliphatic hydroxyl groups excluding tert-OH is 1. The minimum Gasteiger partial charge on any atom is -0.477 e. The van der Waals surface area contributed by atoms with Crippen LogP contribution in [-0.4, -0.2) is 101 Å². The van der Waals surface area contributed by atoms with Gasteiger partial charge in [-0.05, 0) is 13.3 Å². The lowest BCUT2D eigenvalue weighted by molar-refractivity contribution is -0.837. The summed E-state index contributed by atoms with van der Waals surface area (Å²) in [5, 5.41) is 26.4. The van der Waals surface area contributed by atoms with Gasteiger partial charge in [0.05, 0.1) is 38.2 Å². The number of likely N-dealkylation sites (N-methyl/N-ethyl adjacent to an activating group) is 1. The molecule has 0 aromatic heterocycles. The van der Waals surface area contributed by atoms with Crippen molar-refractivity contribution < 1.29 is 29.1 Å². The molecule has 0 bridgehead atoms. The summed E-state index contributed by atoms with van der Waals surface area (Å²) in [6, 6.07) is -0.539. The van der Waals surface area contributed by atoms with Crippen LogP contribution >= 0.6 is 11.8 Å². The summed E-state index contributed by atoms with van der Waals surface area (Å²) in [7, 11) is 1.99. The van der Waals surface area contributed by atoms with E-state index in [-0.39, 0.29) is 40.8 Å². The van der Waals surface area contributed by atoms with Gasteiger partial charge in [-0.3, -0.25) is 9.28 Å². The maximum absolute atomic E-state index is 13.1. The number of hydrogen-bond donors (Lipinski definition) is 4. The predicted molar refractivity (Wildman–Crippen MR) is 111 cm³/mol. The molecule has 0 aliphatic carbocycles. The van der Waals surface area contributed by atoms with E-state index in [0.717, 1.165) is 26.2 Å². The zero-order valence-corrected chi connectivity index (χ0v) is 18.4. The third kappa shape index (κ3) is 3.38. The van der Waals surface area contributed by atoms with Gasteiger partial charge in [0.2, 0.25) is 5.91 Å². The molecule has 4 N–H and O–H groups in total.